The van der Waals surface area contributed by atoms with Crippen LogP contribution in [0.3, 0.4) is 0 Å². The molecule has 3 aromatic rings. The van der Waals surface area contributed by atoms with Crippen LogP contribution in [0.4, 0.5) is 15.8 Å². The molecule has 0 aliphatic carbocycles. The number of nitrogens with zero attached hydrogens (tertiary/aromatic N) is 2. The van der Waals surface area contributed by atoms with Crippen molar-refractivity contribution in [3.8, 4) is 0 Å². The number of ether oxygens (including phenoxy) is 1. The number of aryl methyl sites for hydroxylation is 1. The fraction of sp³-hybridized carbons (Fsp3) is 0.211. The number of anilines is 2. The SMILES string of the molecule is Cc1ccc2c(Nc3cccc(F)c3)c(C(=O)OC(C)C)cnc2n1.Cl. The Bertz CT molecular complexity index is 947. The lowest BCUT2D eigenvalue weighted by Crippen LogP contribution is -2.14. The summed E-state index contributed by atoms with van der Waals surface area (Å²) < 4.78 is 18.8. The predicted octanol–water partition coefficient (Wildman–Crippen LogP) is 4.81. The average molecular weight is 376 g/mol. The minimum Gasteiger partial charge on any atom is -0.459 e. The van der Waals surface area contributed by atoms with Gasteiger partial charge >= 0.3 is 5.97 Å². The van der Waals surface area contributed by atoms with Gasteiger partial charge < -0.3 is 10.1 Å². The highest BCUT2D eigenvalue weighted by molar-refractivity contribution is 6.05. The van der Waals surface area contributed by atoms with E-state index in [2.05, 4.69) is 15.3 Å². The minimum absolute atomic E-state index is 0. The standard InChI is InChI=1S/C19H18FN3O2.ClH/c1-11(2)25-19(24)16-10-21-18-15(8-7-12(3)22-18)17(16)23-14-6-4-5-13(20)9-14;/h4-11H,1-3H3,(H,21,22,23);1H. The summed E-state index contributed by atoms with van der Waals surface area (Å²) in [6.45, 7) is 5.41. The summed E-state index contributed by atoms with van der Waals surface area (Å²) in [7, 11) is 0. The summed E-state index contributed by atoms with van der Waals surface area (Å²) in [5, 5.41) is 3.77. The van der Waals surface area contributed by atoms with Crippen LogP contribution >= 0.6 is 12.4 Å². The van der Waals surface area contributed by atoms with E-state index in [0.29, 0.717) is 22.4 Å². The first-order chi connectivity index (χ1) is 11.9. The number of benzene rings is 1. The molecule has 0 unspecified atom stereocenters. The van der Waals surface area contributed by atoms with Crippen molar-refractivity contribution < 1.29 is 13.9 Å². The van der Waals surface area contributed by atoms with Crippen LogP contribution in [0.15, 0.2) is 42.6 Å². The summed E-state index contributed by atoms with van der Waals surface area (Å²) in [5.74, 6) is -0.868. The first kappa shape index (κ1) is 19.6. The number of fused-ring (bicyclic) bond motifs is 1. The largest absolute Gasteiger partial charge is 0.459 e. The van der Waals surface area contributed by atoms with Crippen molar-refractivity contribution in [1.29, 1.82) is 0 Å². The summed E-state index contributed by atoms with van der Waals surface area (Å²) in [5.41, 5.74) is 2.60. The molecule has 0 aliphatic rings. The third-order valence-corrected chi connectivity index (χ3v) is 3.53. The van der Waals surface area contributed by atoms with Gasteiger partial charge in [0, 0.05) is 23.0 Å². The second-order valence-corrected chi connectivity index (χ2v) is 5.96. The molecule has 0 bridgehead atoms. The summed E-state index contributed by atoms with van der Waals surface area (Å²) >= 11 is 0. The number of esters is 1. The normalized spacial score (nSPS) is 10.5. The average Bonchev–Trinajstić information content (AvgIpc) is 2.54. The third-order valence-electron chi connectivity index (χ3n) is 3.53. The Balaban J connectivity index is 0.00000243. The Kier molecular flexibility index (Phi) is 6.10. The molecule has 0 saturated heterocycles. The molecule has 7 heteroatoms. The van der Waals surface area contributed by atoms with Gasteiger partial charge in [0.25, 0.3) is 0 Å². The van der Waals surface area contributed by atoms with Crippen molar-refractivity contribution in [2.45, 2.75) is 26.9 Å². The van der Waals surface area contributed by atoms with E-state index in [0.717, 1.165) is 5.69 Å². The van der Waals surface area contributed by atoms with Crippen molar-refractivity contribution in [3.63, 3.8) is 0 Å². The third kappa shape index (κ3) is 4.26. The maximum absolute atomic E-state index is 13.5. The first-order valence-corrected chi connectivity index (χ1v) is 7.94. The zero-order valence-electron chi connectivity index (χ0n) is 14.6. The van der Waals surface area contributed by atoms with Crippen LogP contribution in [0.1, 0.15) is 29.9 Å². The number of aromatic nitrogens is 2. The number of nitrogens with one attached hydrogen (secondary N) is 1. The molecule has 5 nitrogen and oxygen atoms in total. The Labute approximate surface area is 157 Å². The number of rotatable bonds is 4. The lowest BCUT2D eigenvalue weighted by molar-refractivity contribution is 0.0379. The second-order valence-electron chi connectivity index (χ2n) is 5.96. The van der Waals surface area contributed by atoms with E-state index in [4.69, 9.17) is 4.74 Å². The summed E-state index contributed by atoms with van der Waals surface area (Å²) in [6, 6.07) is 9.68. The zero-order chi connectivity index (χ0) is 18.0. The van der Waals surface area contributed by atoms with Gasteiger partial charge in [0.15, 0.2) is 5.65 Å². The Morgan fingerprint density at radius 3 is 2.69 bits per heavy atom. The van der Waals surface area contributed by atoms with E-state index in [1.54, 1.807) is 26.0 Å². The monoisotopic (exact) mass is 375 g/mol. The molecule has 0 spiro atoms. The van der Waals surface area contributed by atoms with Crippen molar-refractivity contribution in [2.75, 3.05) is 5.32 Å². The van der Waals surface area contributed by atoms with Gasteiger partial charge in [0.2, 0.25) is 0 Å². The van der Waals surface area contributed by atoms with E-state index in [1.165, 1.54) is 18.3 Å². The maximum Gasteiger partial charge on any atom is 0.342 e. The quantitative estimate of drug-likeness (QED) is 0.663. The fourth-order valence-corrected chi connectivity index (χ4v) is 2.45. The molecular formula is C19H19ClFN3O2. The van der Waals surface area contributed by atoms with Gasteiger partial charge in [-0.05, 0) is 51.1 Å². The number of carbonyl (C=O) groups excluding carboxylic acids is 1. The van der Waals surface area contributed by atoms with Crippen LogP contribution in [0.2, 0.25) is 0 Å². The van der Waals surface area contributed by atoms with Gasteiger partial charge in [-0.2, -0.15) is 0 Å². The lowest BCUT2D eigenvalue weighted by Gasteiger charge is -2.15. The highest BCUT2D eigenvalue weighted by Gasteiger charge is 2.19. The molecule has 0 saturated carbocycles. The van der Waals surface area contributed by atoms with E-state index < -0.39 is 5.97 Å². The van der Waals surface area contributed by atoms with Crippen LogP contribution in [-0.2, 0) is 4.74 Å². The minimum atomic E-state index is -0.496. The van der Waals surface area contributed by atoms with Gasteiger partial charge in [-0.25, -0.2) is 19.2 Å². The van der Waals surface area contributed by atoms with E-state index in [-0.39, 0.29) is 29.9 Å². The Hall–Kier alpha value is -2.73. The number of halogens is 2. The number of carbonyl (C=O) groups is 1. The molecule has 1 aromatic carbocycles. The van der Waals surface area contributed by atoms with Gasteiger partial charge in [-0.3, -0.25) is 0 Å². The predicted molar refractivity (Wildman–Crippen MR) is 102 cm³/mol. The molecule has 1 N–H and O–H groups in total. The van der Waals surface area contributed by atoms with E-state index >= 15 is 0 Å². The Morgan fingerprint density at radius 1 is 1.23 bits per heavy atom. The topological polar surface area (TPSA) is 64.1 Å². The van der Waals surface area contributed by atoms with Crippen LogP contribution in [-0.4, -0.2) is 22.0 Å². The summed E-state index contributed by atoms with van der Waals surface area (Å²) in [4.78, 5) is 21.1. The molecule has 0 aliphatic heterocycles. The van der Waals surface area contributed by atoms with Crippen molar-refractivity contribution in [2.24, 2.45) is 0 Å². The molecule has 26 heavy (non-hydrogen) atoms. The van der Waals surface area contributed by atoms with Crippen molar-refractivity contribution in [3.05, 3.63) is 59.7 Å². The first-order valence-electron chi connectivity index (χ1n) is 7.94. The molecule has 3 rings (SSSR count). The molecule has 136 valence electrons. The summed E-state index contributed by atoms with van der Waals surface area (Å²) in [6.07, 6.45) is 1.17. The van der Waals surface area contributed by atoms with Gasteiger partial charge in [0.1, 0.15) is 11.4 Å². The molecule has 0 fully saturated rings. The van der Waals surface area contributed by atoms with Gasteiger partial charge in [-0.15, -0.1) is 12.4 Å². The molecule has 0 radical (unpaired) electrons. The molecule has 0 amide bonds. The number of hydrogen-bond donors (Lipinski definition) is 1. The van der Waals surface area contributed by atoms with Gasteiger partial charge in [0.05, 0.1) is 11.8 Å². The van der Waals surface area contributed by atoms with Crippen molar-refractivity contribution >= 4 is 40.8 Å². The van der Waals surface area contributed by atoms with E-state index in [1.807, 2.05) is 19.1 Å². The molecule has 0 atom stereocenters. The van der Waals surface area contributed by atoms with Crippen LogP contribution < -0.4 is 5.32 Å². The zero-order valence-corrected chi connectivity index (χ0v) is 15.4. The maximum atomic E-state index is 13.5. The lowest BCUT2D eigenvalue weighted by atomic mass is 10.1. The molecular weight excluding hydrogens is 357 g/mol. The number of pyridine rings is 2. The van der Waals surface area contributed by atoms with Crippen LogP contribution in [0.5, 0.6) is 0 Å². The van der Waals surface area contributed by atoms with E-state index in [9.17, 15) is 9.18 Å². The number of hydrogen-bond acceptors (Lipinski definition) is 5. The Morgan fingerprint density at radius 2 is 2.00 bits per heavy atom. The second kappa shape index (κ2) is 8.10. The van der Waals surface area contributed by atoms with Crippen LogP contribution in [0, 0.1) is 12.7 Å². The smallest absolute Gasteiger partial charge is 0.342 e. The van der Waals surface area contributed by atoms with Crippen molar-refractivity contribution in [1.82, 2.24) is 9.97 Å². The highest BCUT2D eigenvalue weighted by Crippen LogP contribution is 2.29. The fourth-order valence-electron chi connectivity index (χ4n) is 2.45. The van der Waals surface area contributed by atoms with Gasteiger partial charge in [-0.1, -0.05) is 6.07 Å². The highest BCUT2D eigenvalue weighted by atomic mass is 35.5. The molecule has 2 aromatic heterocycles. The van der Waals surface area contributed by atoms with Crippen LogP contribution in [0.25, 0.3) is 11.0 Å². The molecule has 2 heterocycles.